The van der Waals surface area contributed by atoms with Crippen LogP contribution in [0.5, 0.6) is 11.5 Å². The molecule has 2 aliphatic rings. The van der Waals surface area contributed by atoms with Crippen LogP contribution in [0, 0.1) is 0 Å². The van der Waals surface area contributed by atoms with Gasteiger partial charge in [-0.05, 0) is 44.7 Å². The smallest absolute Gasteiger partial charge is 0.257 e. The van der Waals surface area contributed by atoms with Gasteiger partial charge in [0.25, 0.3) is 5.91 Å². The summed E-state index contributed by atoms with van der Waals surface area (Å²) >= 11 is 6.40. The number of carbonyl (C=O) groups is 1. The van der Waals surface area contributed by atoms with Gasteiger partial charge >= 0.3 is 0 Å². The molecule has 7 heteroatoms. The van der Waals surface area contributed by atoms with Crippen LogP contribution in [0.1, 0.15) is 37.4 Å². The van der Waals surface area contributed by atoms with Gasteiger partial charge in [0, 0.05) is 23.0 Å². The zero-order valence-corrected chi connectivity index (χ0v) is 17.5. The molecular weight excluding hydrogens is 390 g/mol. The number of hydrazone groups is 1. The Kier molecular flexibility index (Phi) is 5.48. The lowest BCUT2D eigenvalue weighted by Gasteiger charge is -2.26. The number of halogens is 1. The molecule has 29 heavy (non-hydrogen) atoms. The van der Waals surface area contributed by atoms with Crippen molar-refractivity contribution < 1.29 is 14.3 Å². The van der Waals surface area contributed by atoms with Gasteiger partial charge in [-0.2, -0.15) is 5.10 Å². The largest absolute Gasteiger partial charge is 0.454 e. The second kappa shape index (κ2) is 8.05. The fourth-order valence-electron chi connectivity index (χ4n) is 3.45. The van der Waals surface area contributed by atoms with E-state index < -0.39 is 0 Å². The molecule has 1 unspecified atom stereocenters. The van der Waals surface area contributed by atoms with Gasteiger partial charge in [0.05, 0.1) is 18.3 Å². The highest BCUT2D eigenvalue weighted by Gasteiger charge is 2.35. The van der Waals surface area contributed by atoms with Crippen LogP contribution >= 0.6 is 11.6 Å². The number of hydrogen-bond donors (Lipinski definition) is 0. The number of rotatable bonds is 5. The lowest BCUT2D eigenvalue weighted by atomic mass is 9.98. The highest BCUT2D eigenvalue weighted by atomic mass is 35.5. The fourth-order valence-corrected chi connectivity index (χ4v) is 3.69. The number of nitrogens with zero attached hydrogens (tertiary/aromatic N) is 3. The lowest BCUT2D eigenvalue weighted by Crippen LogP contribution is -2.39. The van der Waals surface area contributed by atoms with Crippen LogP contribution in [0.2, 0.25) is 5.02 Å². The maximum Gasteiger partial charge on any atom is 0.257 e. The third-order valence-corrected chi connectivity index (χ3v) is 5.73. The second-order valence-corrected chi connectivity index (χ2v) is 8.01. The van der Waals surface area contributed by atoms with Gasteiger partial charge in [0.1, 0.15) is 0 Å². The Bertz CT molecular complexity index is 960. The maximum absolute atomic E-state index is 13.1. The highest BCUT2D eigenvalue weighted by Crippen LogP contribution is 2.39. The van der Waals surface area contributed by atoms with E-state index in [4.69, 9.17) is 26.2 Å². The molecule has 2 heterocycles. The summed E-state index contributed by atoms with van der Waals surface area (Å²) in [7, 11) is 1.94. The van der Waals surface area contributed by atoms with Crippen molar-refractivity contribution in [1.29, 1.82) is 0 Å². The van der Waals surface area contributed by atoms with Crippen LogP contribution in [0.15, 0.2) is 47.6 Å². The quantitative estimate of drug-likeness (QED) is 0.740. The third kappa shape index (κ3) is 3.95. The molecule has 0 spiro atoms. The topological polar surface area (TPSA) is 54.4 Å². The molecule has 0 saturated heterocycles. The van der Waals surface area contributed by atoms with E-state index in [1.807, 2.05) is 54.4 Å². The minimum absolute atomic E-state index is 0.0501. The van der Waals surface area contributed by atoms with Crippen molar-refractivity contribution in [1.82, 2.24) is 9.91 Å². The standard InChI is InChI=1S/C22H24ClN3O3/c1-14(2)25(3)12-22(27)26-19(15-8-9-20-21(10-15)29-13-28-20)11-18(24-26)16-6-4-5-7-17(16)23/h4-10,14,19H,11-13H2,1-3H3. The first-order valence-corrected chi connectivity index (χ1v) is 10.1. The van der Waals surface area contributed by atoms with Crippen molar-refractivity contribution in [2.45, 2.75) is 32.4 Å². The molecule has 0 aliphatic carbocycles. The molecule has 6 nitrogen and oxygen atoms in total. The number of benzene rings is 2. The summed E-state index contributed by atoms with van der Waals surface area (Å²) in [5.41, 5.74) is 2.62. The average molecular weight is 414 g/mol. The Hall–Kier alpha value is -2.57. The molecule has 4 rings (SSSR count). The van der Waals surface area contributed by atoms with Crippen LogP contribution < -0.4 is 9.47 Å². The van der Waals surface area contributed by atoms with E-state index in [1.54, 1.807) is 5.01 Å². The van der Waals surface area contributed by atoms with E-state index in [0.717, 1.165) is 22.6 Å². The highest BCUT2D eigenvalue weighted by molar-refractivity contribution is 6.34. The van der Waals surface area contributed by atoms with Crippen LogP contribution in [0.25, 0.3) is 0 Å². The molecular formula is C22H24ClN3O3. The van der Waals surface area contributed by atoms with Crippen molar-refractivity contribution in [2.24, 2.45) is 5.10 Å². The Morgan fingerprint density at radius 3 is 2.76 bits per heavy atom. The first-order chi connectivity index (χ1) is 13.9. The molecule has 0 radical (unpaired) electrons. The zero-order valence-electron chi connectivity index (χ0n) is 16.8. The monoisotopic (exact) mass is 413 g/mol. The van der Waals surface area contributed by atoms with Crippen molar-refractivity contribution in [3.05, 3.63) is 58.6 Å². The molecule has 1 amide bonds. The first kappa shape index (κ1) is 19.7. The van der Waals surface area contributed by atoms with E-state index in [1.165, 1.54) is 0 Å². The Morgan fingerprint density at radius 2 is 2.00 bits per heavy atom. The van der Waals surface area contributed by atoms with Gasteiger partial charge in [-0.3, -0.25) is 9.69 Å². The maximum atomic E-state index is 13.1. The van der Waals surface area contributed by atoms with Crippen molar-refractivity contribution in [2.75, 3.05) is 20.4 Å². The van der Waals surface area contributed by atoms with Gasteiger partial charge < -0.3 is 9.47 Å². The fraction of sp³-hybridized carbons (Fsp3) is 0.364. The molecule has 0 fully saturated rings. The summed E-state index contributed by atoms with van der Waals surface area (Å²) in [4.78, 5) is 15.1. The molecule has 1 atom stereocenters. The molecule has 0 saturated carbocycles. The summed E-state index contributed by atoms with van der Waals surface area (Å²) < 4.78 is 10.9. The van der Waals surface area contributed by atoms with Gasteiger partial charge in [-0.15, -0.1) is 0 Å². The summed E-state index contributed by atoms with van der Waals surface area (Å²) in [6, 6.07) is 13.4. The molecule has 0 bridgehead atoms. The van der Waals surface area contributed by atoms with Crippen molar-refractivity contribution >= 4 is 23.2 Å². The summed E-state index contributed by atoms with van der Waals surface area (Å²) in [6.45, 7) is 4.63. The number of amides is 1. The molecule has 2 aromatic carbocycles. The molecule has 2 aliphatic heterocycles. The summed E-state index contributed by atoms with van der Waals surface area (Å²) in [6.07, 6.45) is 0.584. The van der Waals surface area contributed by atoms with Crippen molar-refractivity contribution in [3.8, 4) is 11.5 Å². The van der Waals surface area contributed by atoms with Crippen LogP contribution in [0.4, 0.5) is 0 Å². The van der Waals surface area contributed by atoms with E-state index >= 15 is 0 Å². The second-order valence-electron chi connectivity index (χ2n) is 7.61. The predicted octanol–water partition coefficient (Wildman–Crippen LogP) is 4.09. The summed E-state index contributed by atoms with van der Waals surface area (Å²) in [5.74, 6) is 1.36. The van der Waals surface area contributed by atoms with Crippen LogP contribution in [0.3, 0.4) is 0 Å². The number of hydrogen-bond acceptors (Lipinski definition) is 5. The Balaban J connectivity index is 1.67. The SMILES string of the molecule is CC(C)N(C)CC(=O)N1N=C(c2ccccc2Cl)CC1c1ccc2c(c1)OCO2. The van der Waals surface area contributed by atoms with Gasteiger partial charge in [0.15, 0.2) is 11.5 Å². The normalized spacial score (nSPS) is 17.9. The van der Waals surface area contributed by atoms with E-state index in [-0.39, 0.29) is 31.3 Å². The van der Waals surface area contributed by atoms with Crippen LogP contribution in [-0.2, 0) is 4.79 Å². The van der Waals surface area contributed by atoms with E-state index in [0.29, 0.717) is 17.2 Å². The van der Waals surface area contributed by atoms with Gasteiger partial charge in [-0.1, -0.05) is 35.9 Å². The van der Waals surface area contributed by atoms with Gasteiger partial charge in [0.2, 0.25) is 6.79 Å². The van der Waals surface area contributed by atoms with E-state index in [9.17, 15) is 4.79 Å². The number of fused-ring (bicyclic) bond motifs is 1. The minimum atomic E-state index is -0.219. The first-order valence-electron chi connectivity index (χ1n) is 9.68. The third-order valence-electron chi connectivity index (χ3n) is 5.40. The number of ether oxygens (including phenoxy) is 2. The molecule has 0 N–H and O–H groups in total. The predicted molar refractivity (Wildman–Crippen MR) is 113 cm³/mol. The molecule has 0 aromatic heterocycles. The average Bonchev–Trinajstić information content (AvgIpc) is 3.34. The number of carbonyl (C=O) groups excluding carboxylic acids is 1. The minimum Gasteiger partial charge on any atom is -0.454 e. The molecule has 152 valence electrons. The molecule has 2 aromatic rings. The summed E-state index contributed by atoms with van der Waals surface area (Å²) in [5, 5.41) is 6.92. The lowest BCUT2D eigenvalue weighted by molar-refractivity contribution is -0.134. The van der Waals surface area contributed by atoms with Gasteiger partial charge in [-0.25, -0.2) is 5.01 Å². The van der Waals surface area contributed by atoms with Crippen LogP contribution in [-0.4, -0.2) is 48.0 Å². The Morgan fingerprint density at radius 1 is 1.24 bits per heavy atom. The van der Waals surface area contributed by atoms with E-state index in [2.05, 4.69) is 13.8 Å². The zero-order chi connectivity index (χ0) is 20.5. The number of likely N-dealkylation sites (N-methyl/N-ethyl adjacent to an activating group) is 1. The Labute approximate surface area is 175 Å². The van der Waals surface area contributed by atoms with Crippen molar-refractivity contribution in [3.63, 3.8) is 0 Å².